The van der Waals surface area contributed by atoms with E-state index in [1.807, 2.05) is 33.1 Å². The molecule has 8 nitrogen and oxygen atoms in total. The van der Waals surface area contributed by atoms with Crippen molar-refractivity contribution in [2.45, 2.75) is 57.3 Å². The summed E-state index contributed by atoms with van der Waals surface area (Å²) in [6.45, 7) is 10.6. The van der Waals surface area contributed by atoms with Crippen LogP contribution in [0.4, 0.5) is 0 Å². The molecule has 3 aliphatic heterocycles. The SMILES string of the molecule is CSc1cc(C)[nH]c(=O)c1CNC(=O)c1cc(Cl)c2c(c1C)O[C@@](C)(C1CCN(C[C@H]3CCOC3)CC1)O2. The molecular weight excluding hydrogens is 526 g/mol. The fraction of sp³-hybridized carbons (Fsp3) is 0.571. The van der Waals surface area contributed by atoms with E-state index in [-0.39, 0.29) is 23.9 Å². The van der Waals surface area contributed by atoms with Crippen molar-refractivity contribution >= 4 is 29.3 Å². The number of nitrogens with one attached hydrogen (secondary N) is 2. The zero-order valence-corrected chi connectivity index (χ0v) is 24.0. The summed E-state index contributed by atoms with van der Waals surface area (Å²) in [5.41, 5.74) is 2.19. The summed E-state index contributed by atoms with van der Waals surface area (Å²) in [6, 6.07) is 3.53. The Morgan fingerprint density at radius 3 is 2.63 bits per heavy atom. The monoisotopic (exact) mass is 561 g/mol. The third-order valence-corrected chi connectivity index (χ3v) is 9.12. The lowest BCUT2D eigenvalue weighted by Crippen LogP contribution is -2.49. The summed E-state index contributed by atoms with van der Waals surface area (Å²) in [5, 5.41) is 3.23. The average molecular weight is 562 g/mol. The third-order valence-electron chi connectivity index (χ3n) is 8.04. The summed E-state index contributed by atoms with van der Waals surface area (Å²) in [5.74, 6) is 0.698. The molecule has 2 aromatic rings. The van der Waals surface area contributed by atoms with Gasteiger partial charge in [0.2, 0.25) is 0 Å². The predicted molar refractivity (Wildman–Crippen MR) is 149 cm³/mol. The van der Waals surface area contributed by atoms with Gasteiger partial charge in [0.25, 0.3) is 17.3 Å². The number of hydrogen-bond acceptors (Lipinski definition) is 7. The van der Waals surface area contributed by atoms with Crippen molar-refractivity contribution in [3.8, 4) is 11.5 Å². The Labute approximate surface area is 232 Å². The van der Waals surface area contributed by atoms with E-state index in [0.717, 1.165) is 62.7 Å². The summed E-state index contributed by atoms with van der Waals surface area (Å²) < 4.78 is 18.4. The van der Waals surface area contributed by atoms with E-state index < -0.39 is 5.79 Å². The number of hydrogen-bond donors (Lipinski definition) is 2. The molecule has 0 radical (unpaired) electrons. The van der Waals surface area contributed by atoms with Crippen molar-refractivity contribution in [3.05, 3.63) is 49.9 Å². The highest BCUT2D eigenvalue weighted by molar-refractivity contribution is 7.98. The van der Waals surface area contributed by atoms with Crippen LogP contribution in [0, 0.1) is 25.7 Å². The number of nitrogens with zero attached hydrogens (tertiary/aromatic N) is 1. The van der Waals surface area contributed by atoms with Gasteiger partial charge in [-0.25, -0.2) is 0 Å². The summed E-state index contributed by atoms with van der Waals surface area (Å²) in [6.07, 6.45) is 4.98. The average Bonchev–Trinajstić information content (AvgIpc) is 3.54. The number of amides is 1. The Balaban J connectivity index is 1.27. The topological polar surface area (TPSA) is 92.9 Å². The van der Waals surface area contributed by atoms with Gasteiger partial charge in [-0.2, -0.15) is 0 Å². The summed E-state index contributed by atoms with van der Waals surface area (Å²) >= 11 is 8.10. The van der Waals surface area contributed by atoms with Crippen LogP contribution in [-0.4, -0.2) is 60.7 Å². The van der Waals surface area contributed by atoms with Gasteiger partial charge in [-0.3, -0.25) is 9.59 Å². The molecule has 38 heavy (non-hydrogen) atoms. The van der Waals surface area contributed by atoms with Crippen molar-refractivity contribution < 1.29 is 19.0 Å². The normalized spacial score (nSPS) is 23.7. The minimum absolute atomic E-state index is 0.111. The highest BCUT2D eigenvalue weighted by atomic mass is 35.5. The van der Waals surface area contributed by atoms with Crippen molar-refractivity contribution in [3.63, 3.8) is 0 Å². The van der Waals surface area contributed by atoms with Crippen LogP contribution in [0.15, 0.2) is 21.8 Å². The van der Waals surface area contributed by atoms with Crippen molar-refractivity contribution in [1.29, 1.82) is 0 Å². The zero-order chi connectivity index (χ0) is 27.0. The molecule has 2 N–H and O–H groups in total. The van der Waals surface area contributed by atoms with Gasteiger partial charge < -0.3 is 29.4 Å². The van der Waals surface area contributed by atoms with E-state index in [0.29, 0.717) is 39.1 Å². The first-order valence-electron chi connectivity index (χ1n) is 13.2. The lowest BCUT2D eigenvalue weighted by Gasteiger charge is -2.39. The maximum Gasteiger partial charge on any atom is 0.254 e. The van der Waals surface area contributed by atoms with Gasteiger partial charge in [0.15, 0.2) is 11.5 Å². The van der Waals surface area contributed by atoms with Crippen LogP contribution in [0.2, 0.25) is 5.02 Å². The van der Waals surface area contributed by atoms with Gasteiger partial charge >= 0.3 is 0 Å². The highest BCUT2D eigenvalue weighted by Crippen LogP contribution is 2.51. The third kappa shape index (κ3) is 5.43. The van der Waals surface area contributed by atoms with Crippen LogP contribution >= 0.6 is 23.4 Å². The number of ether oxygens (including phenoxy) is 3. The number of carbonyl (C=O) groups excluding carboxylic acids is 1. The van der Waals surface area contributed by atoms with Crippen LogP contribution < -0.4 is 20.3 Å². The smallest absolute Gasteiger partial charge is 0.254 e. The number of aryl methyl sites for hydroxylation is 1. The number of aromatic amines is 1. The first-order chi connectivity index (χ1) is 18.2. The van der Waals surface area contributed by atoms with Crippen LogP contribution in [-0.2, 0) is 11.3 Å². The Hall–Kier alpha value is -2.20. The quantitative estimate of drug-likeness (QED) is 0.480. The molecule has 2 saturated heterocycles. The van der Waals surface area contributed by atoms with Gasteiger partial charge in [0.1, 0.15) is 0 Å². The number of likely N-dealkylation sites (tertiary alicyclic amines) is 1. The van der Waals surface area contributed by atoms with E-state index in [1.165, 1.54) is 11.8 Å². The summed E-state index contributed by atoms with van der Waals surface area (Å²) in [7, 11) is 0. The van der Waals surface area contributed by atoms with Gasteiger partial charge in [-0.1, -0.05) is 11.6 Å². The molecule has 5 rings (SSSR count). The van der Waals surface area contributed by atoms with E-state index in [2.05, 4.69) is 15.2 Å². The van der Waals surface area contributed by atoms with Crippen LogP contribution in [0.1, 0.15) is 53.4 Å². The van der Waals surface area contributed by atoms with Gasteiger partial charge in [-0.15, -0.1) is 11.8 Å². The summed E-state index contributed by atoms with van der Waals surface area (Å²) in [4.78, 5) is 31.9. The molecule has 1 amide bonds. The first-order valence-corrected chi connectivity index (χ1v) is 14.8. The second kappa shape index (κ2) is 11.1. The molecule has 4 heterocycles. The Bertz CT molecular complexity index is 1270. The zero-order valence-electron chi connectivity index (χ0n) is 22.4. The molecule has 10 heteroatoms. The molecule has 0 saturated carbocycles. The maximum absolute atomic E-state index is 13.2. The Kier molecular flexibility index (Phi) is 8.01. The molecule has 1 aromatic carbocycles. The Morgan fingerprint density at radius 1 is 1.21 bits per heavy atom. The number of fused-ring (bicyclic) bond motifs is 1. The second-order valence-corrected chi connectivity index (χ2v) is 12.0. The van der Waals surface area contributed by atoms with Crippen LogP contribution in [0.5, 0.6) is 11.5 Å². The number of rotatable bonds is 7. The number of halogens is 1. The second-order valence-electron chi connectivity index (χ2n) is 10.7. The molecule has 206 valence electrons. The number of H-pyrrole nitrogens is 1. The number of pyridine rings is 1. The standard InChI is InChI=1S/C28H36ClN3O5S/c1-16-11-23(38-4)21(27(34)31-16)13-30-26(33)20-12-22(29)25-24(17(20)2)36-28(3,37-25)19-5-8-32(9-6-19)14-18-7-10-35-15-18/h11-12,18-19H,5-10,13-15H2,1-4H3,(H,30,33)(H,31,34)/t18-,28-/m1/s1. The lowest BCUT2D eigenvalue weighted by atomic mass is 9.88. The van der Waals surface area contributed by atoms with E-state index in [1.54, 1.807) is 6.07 Å². The molecule has 2 fully saturated rings. The molecule has 0 aliphatic carbocycles. The molecule has 0 bridgehead atoms. The van der Waals surface area contributed by atoms with Gasteiger partial charge in [0, 0.05) is 59.8 Å². The molecule has 0 spiro atoms. The molecule has 0 unspecified atom stereocenters. The van der Waals surface area contributed by atoms with Crippen molar-refractivity contribution in [2.75, 3.05) is 39.1 Å². The fourth-order valence-corrected chi connectivity index (χ4v) is 6.72. The predicted octanol–water partition coefficient (Wildman–Crippen LogP) is 4.53. The van der Waals surface area contributed by atoms with Gasteiger partial charge in [-0.05, 0) is 70.5 Å². The van der Waals surface area contributed by atoms with Crippen LogP contribution in [0.3, 0.4) is 0 Å². The molecule has 3 aliphatic rings. The number of benzene rings is 1. The minimum atomic E-state index is -0.836. The molecule has 2 atom stereocenters. The van der Waals surface area contributed by atoms with E-state index >= 15 is 0 Å². The Morgan fingerprint density at radius 2 is 1.95 bits per heavy atom. The number of aromatic nitrogens is 1. The van der Waals surface area contributed by atoms with Crippen LogP contribution in [0.25, 0.3) is 0 Å². The largest absolute Gasteiger partial charge is 0.448 e. The highest BCUT2D eigenvalue weighted by Gasteiger charge is 2.47. The molecule has 1 aromatic heterocycles. The lowest BCUT2D eigenvalue weighted by molar-refractivity contribution is -0.125. The number of carbonyl (C=O) groups is 1. The fourth-order valence-electron chi connectivity index (χ4n) is 5.78. The maximum atomic E-state index is 13.2. The number of thioether (sulfide) groups is 1. The number of piperidine rings is 1. The van der Waals surface area contributed by atoms with Gasteiger partial charge in [0.05, 0.1) is 11.6 Å². The van der Waals surface area contributed by atoms with Crippen molar-refractivity contribution in [1.82, 2.24) is 15.2 Å². The van der Waals surface area contributed by atoms with E-state index in [4.69, 9.17) is 25.8 Å². The minimum Gasteiger partial charge on any atom is -0.448 e. The molecular formula is C28H36ClN3O5S. The van der Waals surface area contributed by atoms with Crippen molar-refractivity contribution in [2.24, 2.45) is 11.8 Å². The first kappa shape index (κ1) is 27.4. The van der Waals surface area contributed by atoms with E-state index in [9.17, 15) is 9.59 Å².